The Balaban J connectivity index is 1.56. The summed E-state index contributed by atoms with van der Waals surface area (Å²) in [6.07, 6.45) is 6.51. The van der Waals surface area contributed by atoms with Gasteiger partial charge in [-0.15, -0.1) is 0 Å². The van der Waals surface area contributed by atoms with Crippen molar-refractivity contribution in [1.29, 1.82) is 0 Å². The smallest absolute Gasteiger partial charge is 0.227 e. The van der Waals surface area contributed by atoms with Gasteiger partial charge in [-0.3, -0.25) is 0 Å². The lowest BCUT2D eigenvalue weighted by molar-refractivity contribution is 0.271. The van der Waals surface area contributed by atoms with Crippen LogP contribution in [0.4, 0.5) is 11.8 Å². The van der Waals surface area contributed by atoms with Gasteiger partial charge in [-0.05, 0) is 19.9 Å². The number of aliphatic hydroxyl groups is 1. The first kappa shape index (κ1) is 17.3. The highest BCUT2D eigenvalue weighted by Crippen LogP contribution is 2.25. The summed E-state index contributed by atoms with van der Waals surface area (Å²) < 4.78 is 1.62. The van der Waals surface area contributed by atoms with Gasteiger partial charge in [-0.1, -0.05) is 0 Å². The highest BCUT2D eigenvalue weighted by molar-refractivity contribution is 5.46. The normalized spacial score (nSPS) is 20.1. The van der Waals surface area contributed by atoms with Crippen LogP contribution in [0.3, 0.4) is 0 Å². The molecule has 1 aliphatic heterocycles. The molecule has 1 aliphatic rings. The Morgan fingerprint density at radius 3 is 2.48 bits per heavy atom. The van der Waals surface area contributed by atoms with E-state index in [4.69, 9.17) is 0 Å². The average Bonchev–Trinajstić information content (AvgIpc) is 3.22. The van der Waals surface area contributed by atoms with Crippen molar-refractivity contribution in [2.24, 2.45) is 0 Å². The van der Waals surface area contributed by atoms with Gasteiger partial charge in [0.15, 0.2) is 11.6 Å². The Morgan fingerprint density at radius 2 is 1.78 bits per heavy atom. The topological polar surface area (TPSA) is 109 Å². The Hall–Kier alpha value is -3.14. The first-order chi connectivity index (χ1) is 13.2. The predicted octanol–water partition coefficient (Wildman–Crippen LogP) is 0.443. The van der Waals surface area contributed by atoms with E-state index in [-0.39, 0.29) is 18.7 Å². The fourth-order valence-electron chi connectivity index (χ4n) is 3.49. The van der Waals surface area contributed by atoms with Crippen molar-refractivity contribution < 1.29 is 5.11 Å². The molecule has 1 N–H and O–H groups in total. The zero-order chi connectivity index (χ0) is 18.8. The van der Waals surface area contributed by atoms with Crippen molar-refractivity contribution in [3.8, 4) is 5.82 Å². The molecule has 10 nitrogen and oxygen atoms in total. The average molecular weight is 367 g/mol. The maximum atomic E-state index is 9.31. The van der Waals surface area contributed by atoms with Crippen LogP contribution < -0.4 is 9.80 Å². The summed E-state index contributed by atoms with van der Waals surface area (Å²) in [5.41, 5.74) is 0. The van der Waals surface area contributed by atoms with Gasteiger partial charge in [-0.2, -0.15) is 10.1 Å². The molecule has 0 bridgehead atoms. The van der Waals surface area contributed by atoms with Gasteiger partial charge in [0.05, 0.1) is 0 Å². The lowest BCUT2D eigenvalue weighted by Crippen LogP contribution is -2.57. The van der Waals surface area contributed by atoms with Gasteiger partial charge in [0.2, 0.25) is 5.95 Å². The third kappa shape index (κ3) is 3.43. The van der Waals surface area contributed by atoms with Crippen LogP contribution in [0, 0.1) is 0 Å². The Labute approximate surface area is 156 Å². The second-order valence-electron chi connectivity index (χ2n) is 6.55. The highest BCUT2D eigenvalue weighted by Gasteiger charge is 2.31. The second-order valence-corrected chi connectivity index (χ2v) is 6.55. The molecule has 0 radical (unpaired) electrons. The summed E-state index contributed by atoms with van der Waals surface area (Å²) in [5.74, 6) is 2.60. The molecule has 140 valence electrons. The van der Waals surface area contributed by atoms with Crippen LogP contribution in [0.15, 0.2) is 37.2 Å². The number of rotatable bonds is 4. The van der Waals surface area contributed by atoms with E-state index in [9.17, 15) is 5.11 Å². The summed E-state index contributed by atoms with van der Waals surface area (Å²) in [5, 5.41) is 13.4. The lowest BCUT2D eigenvalue weighted by atomic mass is 10.1. The van der Waals surface area contributed by atoms with E-state index < -0.39 is 0 Å². The number of anilines is 2. The van der Waals surface area contributed by atoms with Crippen LogP contribution in [0.1, 0.15) is 19.7 Å². The van der Waals surface area contributed by atoms with E-state index in [0.29, 0.717) is 17.6 Å². The molecule has 2 atom stereocenters. The number of aliphatic hydroxyl groups excluding tert-OH is 1. The largest absolute Gasteiger partial charge is 0.388 e. The van der Waals surface area contributed by atoms with Crippen LogP contribution in [-0.2, 0) is 6.61 Å². The molecule has 3 aromatic heterocycles. The van der Waals surface area contributed by atoms with E-state index in [1.807, 2.05) is 6.07 Å². The van der Waals surface area contributed by atoms with Gasteiger partial charge in [0, 0.05) is 43.6 Å². The second kappa shape index (κ2) is 7.23. The fraction of sp³-hybridized carbons (Fsp3) is 0.412. The minimum Gasteiger partial charge on any atom is -0.388 e. The first-order valence-corrected chi connectivity index (χ1v) is 8.80. The summed E-state index contributed by atoms with van der Waals surface area (Å²) in [6.45, 7) is 5.63. The highest BCUT2D eigenvalue weighted by atomic mass is 16.3. The van der Waals surface area contributed by atoms with Crippen LogP contribution in [0.5, 0.6) is 0 Å². The molecule has 2 unspecified atom stereocenters. The molecule has 4 rings (SSSR count). The molecule has 4 heterocycles. The van der Waals surface area contributed by atoms with E-state index >= 15 is 0 Å². The Kier molecular flexibility index (Phi) is 4.63. The van der Waals surface area contributed by atoms with Crippen molar-refractivity contribution in [2.75, 3.05) is 22.9 Å². The minimum absolute atomic E-state index is 0.167. The fourth-order valence-corrected chi connectivity index (χ4v) is 3.49. The van der Waals surface area contributed by atoms with Crippen LogP contribution in [0.2, 0.25) is 0 Å². The van der Waals surface area contributed by atoms with E-state index in [2.05, 4.69) is 53.7 Å². The number of hydrogen-bond donors (Lipinski definition) is 1. The maximum absolute atomic E-state index is 9.31. The molecule has 3 aromatic rings. The quantitative estimate of drug-likeness (QED) is 0.702. The summed E-state index contributed by atoms with van der Waals surface area (Å²) >= 11 is 0. The standard InChI is InChI=1S/C17H21N9O/c1-12-7-24(17-20-6-3-15(23-17)25-11-18-10-21-25)8-13(2)26(12)16-4-5-19-14(9-27)22-16/h3-6,10-13,27H,7-9H2,1-2H3. The van der Waals surface area contributed by atoms with Crippen LogP contribution in [-0.4, -0.2) is 65.0 Å². The van der Waals surface area contributed by atoms with Gasteiger partial charge in [-0.25, -0.2) is 24.6 Å². The molecule has 27 heavy (non-hydrogen) atoms. The van der Waals surface area contributed by atoms with Crippen molar-refractivity contribution in [2.45, 2.75) is 32.5 Å². The van der Waals surface area contributed by atoms with Crippen molar-refractivity contribution in [3.05, 3.63) is 43.0 Å². The Morgan fingerprint density at radius 1 is 1.04 bits per heavy atom. The molecular weight excluding hydrogens is 346 g/mol. The van der Waals surface area contributed by atoms with Gasteiger partial charge in [0.1, 0.15) is 25.1 Å². The molecule has 0 spiro atoms. The van der Waals surface area contributed by atoms with Crippen LogP contribution >= 0.6 is 0 Å². The SMILES string of the molecule is CC1CN(c2nccc(-n3cncn3)n2)CC(C)N1c1ccnc(CO)n1. The van der Waals surface area contributed by atoms with E-state index in [1.54, 1.807) is 29.5 Å². The molecule has 0 saturated carbocycles. The van der Waals surface area contributed by atoms with E-state index in [1.165, 1.54) is 6.33 Å². The zero-order valence-electron chi connectivity index (χ0n) is 15.2. The number of aromatic nitrogens is 7. The predicted molar refractivity (Wildman–Crippen MR) is 98.5 cm³/mol. The van der Waals surface area contributed by atoms with Gasteiger partial charge < -0.3 is 14.9 Å². The molecule has 0 aromatic carbocycles. The zero-order valence-corrected chi connectivity index (χ0v) is 15.2. The monoisotopic (exact) mass is 367 g/mol. The maximum Gasteiger partial charge on any atom is 0.227 e. The first-order valence-electron chi connectivity index (χ1n) is 8.80. The molecule has 1 fully saturated rings. The number of piperazine rings is 1. The number of nitrogens with zero attached hydrogens (tertiary/aromatic N) is 9. The summed E-state index contributed by atoms with van der Waals surface area (Å²) in [6, 6.07) is 4.06. The Bertz CT molecular complexity index is 889. The number of hydrogen-bond acceptors (Lipinski definition) is 9. The molecule has 1 saturated heterocycles. The molecule has 0 amide bonds. The van der Waals surface area contributed by atoms with Crippen molar-refractivity contribution in [1.82, 2.24) is 34.7 Å². The minimum atomic E-state index is -0.167. The van der Waals surface area contributed by atoms with Crippen molar-refractivity contribution >= 4 is 11.8 Å². The molecular formula is C17H21N9O. The third-order valence-electron chi connectivity index (χ3n) is 4.58. The third-order valence-corrected chi connectivity index (χ3v) is 4.58. The summed E-state index contributed by atoms with van der Waals surface area (Å²) in [7, 11) is 0. The van der Waals surface area contributed by atoms with Gasteiger partial charge in [0.25, 0.3) is 0 Å². The molecule has 10 heteroatoms. The van der Waals surface area contributed by atoms with E-state index in [0.717, 1.165) is 18.9 Å². The van der Waals surface area contributed by atoms with Crippen LogP contribution in [0.25, 0.3) is 5.82 Å². The lowest BCUT2D eigenvalue weighted by Gasteiger charge is -2.45. The van der Waals surface area contributed by atoms with Gasteiger partial charge >= 0.3 is 0 Å². The van der Waals surface area contributed by atoms with Crippen molar-refractivity contribution in [3.63, 3.8) is 0 Å². The summed E-state index contributed by atoms with van der Waals surface area (Å²) in [4.78, 5) is 26.0. The molecule has 0 aliphatic carbocycles.